The molecule has 26 heavy (non-hydrogen) atoms. The standard InChI is InChI=1S/C21H21N2S2.HI/c1-4-15(13-20-22(2)16-9-5-7-11-18(16)24-20)14-21-23(3)17-10-6-8-12-19(17)25-21;/h5-14H,4H2,1-3H3;1H/q+1;/p-1. The minimum atomic E-state index is 0. The maximum Gasteiger partial charge on any atom is 0.262 e. The Morgan fingerprint density at radius 1 is 1.12 bits per heavy atom. The third-order valence-corrected chi connectivity index (χ3v) is 6.90. The summed E-state index contributed by atoms with van der Waals surface area (Å²) in [6.07, 6.45) is 5.67. The summed E-state index contributed by atoms with van der Waals surface area (Å²) in [6, 6.07) is 17.2. The number of nitrogens with zero attached hydrogens (tertiary/aromatic N) is 2. The molecule has 0 saturated carbocycles. The molecule has 0 N–H and O–H groups in total. The number of para-hydroxylation sites is 2. The van der Waals surface area contributed by atoms with Crippen molar-refractivity contribution in [1.29, 1.82) is 0 Å². The molecule has 0 saturated heterocycles. The molecule has 0 aliphatic carbocycles. The number of aromatic nitrogens is 1. The summed E-state index contributed by atoms with van der Waals surface area (Å²) in [6.45, 7) is 2.23. The first-order chi connectivity index (χ1) is 12.2. The average Bonchev–Trinajstić information content (AvgIpc) is 3.12. The zero-order chi connectivity index (χ0) is 17.4. The highest BCUT2D eigenvalue weighted by Gasteiger charge is 2.21. The molecule has 1 aliphatic rings. The predicted octanol–water partition coefficient (Wildman–Crippen LogP) is 2.61. The lowest BCUT2D eigenvalue weighted by atomic mass is 10.2. The van der Waals surface area contributed by atoms with E-state index in [1.165, 1.54) is 36.4 Å². The highest BCUT2D eigenvalue weighted by atomic mass is 127. The van der Waals surface area contributed by atoms with E-state index in [0.717, 1.165) is 6.42 Å². The number of benzene rings is 2. The summed E-state index contributed by atoms with van der Waals surface area (Å²) in [5, 5.41) is 2.58. The number of thiazole rings is 1. The van der Waals surface area contributed by atoms with E-state index >= 15 is 0 Å². The van der Waals surface area contributed by atoms with Gasteiger partial charge in [0, 0.05) is 24.1 Å². The van der Waals surface area contributed by atoms with Crippen LogP contribution in [0.25, 0.3) is 16.3 Å². The van der Waals surface area contributed by atoms with E-state index in [1.807, 2.05) is 23.1 Å². The third-order valence-electron chi connectivity index (χ3n) is 4.57. The molecule has 0 bridgehead atoms. The number of rotatable bonds is 3. The monoisotopic (exact) mass is 492 g/mol. The summed E-state index contributed by atoms with van der Waals surface area (Å²) >= 11 is 3.70. The maximum absolute atomic E-state index is 2.33. The Kier molecular flexibility index (Phi) is 6.10. The minimum absolute atomic E-state index is 0. The van der Waals surface area contributed by atoms with Crippen molar-refractivity contribution in [1.82, 2.24) is 0 Å². The lowest BCUT2D eigenvalue weighted by molar-refractivity contribution is -0.642. The molecule has 0 unspecified atom stereocenters. The van der Waals surface area contributed by atoms with Crippen LogP contribution in [0, 0.1) is 0 Å². The molecule has 2 heterocycles. The van der Waals surface area contributed by atoms with Crippen LogP contribution in [0.4, 0.5) is 5.69 Å². The molecule has 2 aromatic carbocycles. The SMILES string of the molecule is CCC(=Cc1sc2ccccc2[n+]1C)C=C1Sc2ccccc2N1C.[I-]. The number of hydrogen-bond donors (Lipinski definition) is 0. The van der Waals surface area contributed by atoms with E-state index in [1.54, 1.807) is 0 Å². The van der Waals surface area contributed by atoms with Gasteiger partial charge in [-0.15, -0.1) is 0 Å². The lowest BCUT2D eigenvalue weighted by Gasteiger charge is -2.13. The number of anilines is 1. The zero-order valence-electron chi connectivity index (χ0n) is 15.1. The molecule has 0 radical (unpaired) electrons. The minimum Gasteiger partial charge on any atom is -1.00 e. The van der Waals surface area contributed by atoms with Crippen molar-refractivity contribution in [3.63, 3.8) is 0 Å². The van der Waals surface area contributed by atoms with Crippen molar-refractivity contribution in [3.05, 3.63) is 70.2 Å². The van der Waals surface area contributed by atoms with Crippen LogP contribution in [0.1, 0.15) is 18.4 Å². The Labute approximate surface area is 180 Å². The summed E-state index contributed by atoms with van der Waals surface area (Å²) in [4.78, 5) is 3.62. The molecular weight excluding hydrogens is 471 g/mol. The Morgan fingerprint density at radius 3 is 2.58 bits per heavy atom. The van der Waals surface area contributed by atoms with Crippen molar-refractivity contribution in [2.45, 2.75) is 18.2 Å². The second kappa shape index (κ2) is 8.15. The molecule has 0 spiro atoms. The van der Waals surface area contributed by atoms with Gasteiger partial charge in [0.15, 0.2) is 0 Å². The quantitative estimate of drug-likeness (QED) is 0.410. The fourth-order valence-corrected chi connectivity index (χ4v) is 5.31. The van der Waals surface area contributed by atoms with Crippen LogP contribution in [0.15, 0.2) is 70.1 Å². The van der Waals surface area contributed by atoms with Crippen LogP contribution < -0.4 is 33.4 Å². The number of halogens is 1. The molecule has 0 fully saturated rings. The van der Waals surface area contributed by atoms with E-state index in [0.29, 0.717) is 0 Å². The van der Waals surface area contributed by atoms with Gasteiger partial charge in [-0.3, -0.25) is 0 Å². The smallest absolute Gasteiger partial charge is 0.262 e. The second-order valence-electron chi connectivity index (χ2n) is 6.15. The van der Waals surface area contributed by atoms with Crippen LogP contribution in [0.2, 0.25) is 0 Å². The van der Waals surface area contributed by atoms with E-state index in [4.69, 9.17) is 0 Å². The molecule has 134 valence electrons. The first-order valence-electron chi connectivity index (χ1n) is 8.48. The van der Waals surface area contributed by atoms with E-state index < -0.39 is 0 Å². The van der Waals surface area contributed by atoms with E-state index in [2.05, 4.69) is 91.2 Å². The van der Waals surface area contributed by atoms with Gasteiger partial charge in [0.2, 0.25) is 5.52 Å². The van der Waals surface area contributed by atoms with Gasteiger partial charge in [0.1, 0.15) is 11.7 Å². The van der Waals surface area contributed by atoms with Gasteiger partial charge in [-0.05, 0) is 36.3 Å². The highest BCUT2D eigenvalue weighted by Crippen LogP contribution is 2.45. The third kappa shape index (κ3) is 3.57. The first-order valence-corrected chi connectivity index (χ1v) is 10.1. The fraction of sp³-hybridized carbons (Fsp3) is 0.190. The Balaban J connectivity index is 0.00000196. The summed E-state index contributed by atoms with van der Waals surface area (Å²) in [5.74, 6) is 0. The lowest BCUT2D eigenvalue weighted by Crippen LogP contribution is -3.00. The number of aryl methyl sites for hydroxylation is 1. The van der Waals surface area contributed by atoms with Gasteiger partial charge >= 0.3 is 0 Å². The van der Waals surface area contributed by atoms with Crippen molar-refractivity contribution < 1.29 is 28.5 Å². The van der Waals surface area contributed by atoms with Crippen molar-refractivity contribution in [2.24, 2.45) is 7.05 Å². The predicted molar refractivity (Wildman–Crippen MR) is 110 cm³/mol. The van der Waals surface area contributed by atoms with E-state index in [9.17, 15) is 0 Å². The largest absolute Gasteiger partial charge is 1.00 e. The van der Waals surface area contributed by atoms with Crippen LogP contribution >= 0.6 is 23.1 Å². The molecule has 0 atom stereocenters. The zero-order valence-corrected chi connectivity index (χ0v) is 18.9. The summed E-state index contributed by atoms with van der Waals surface area (Å²) < 4.78 is 3.62. The van der Waals surface area contributed by atoms with Crippen LogP contribution in [0.5, 0.6) is 0 Å². The first kappa shape index (κ1) is 19.5. The van der Waals surface area contributed by atoms with Crippen molar-refractivity contribution in [2.75, 3.05) is 11.9 Å². The number of allylic oxidation sites excluding steroid dienone is 2. The Bertz CT molecular complexity index is 1000. The van der Waals surface area contributed by atoms with Gasteiger partial charge in [0.25, 0.3) is 5.01 Å². The fourth-order valence-electron chi connectivity index (χ4n) is 3.06. The molecule has 1 aliphatic heterocycles. The normalized spacial score (nSPS) is 15.4. The van der Waals surface area contributed by atoms with Crippen molar-refractivity contribution in [3.8, 4) is 0 Å². The van der Waals surface area contributed by atoms with Gasteiger partial charge < -0.3 is 28.9 Å². The number of thioether (sulfide) groups is 1. The summed E-state index contributed by atoms with van der Waals surface area (Å²) in [5.41, 5.74) is 3.94. The van der Waals surface area contributed by atoms with Gasteiger partial charge in [-0.2, -0.15) is 4.57 Å². The van der Waals surface area contributed by atoms with Crippen LogP contribution in [-0.2, 0) is 7.05 Å². The Morgan fingerprint density at radius 2 is 1.85 bits per heavy atom. The molecule has 2 nitrogen and oxygen atoms in total. The van der Waals surface area contributed by atoms with Gasteiger partial charge in [-0.1, -0.05) is 54.3 Å². The van der Waals surface area contributed by atoms with Crippen LogP contribution in [-0.4, -0.2) is 7.05 Å². The Hall–Kier alpha value is -1.31. The highest BCUT2D eigenvalue weighted by molar-refractivity contribution is 8.03. The molecule has 5 heteroatoms. The van der Waals surface area contributed by atoms with Crippen molar-refractivity contribution >= 4 is 45.1 Å². The van der Waals surface area contributed by atoms with E-state index in [-0.39, 0.29) is 24.0 Å². The van der Waals surface area contributed by atoms with Gasteiger partial charge in [-0.25, -0.2) is 0 Å². The van der Waals surface area contributed by atoms with Crippen LogP contribution in [0.3, 0.4) is 0 Å². The summed E-state index contributed by atoms with van der Waals surface area (Å²) in [7, 11) is 4.30. The molecule has 3 aromatic rings. The molecule has 0 amide bonds. The maximum atomic E-state index is 2.33. The number of fused-ring (bicyclic) bond motifs is 2. The molecule has 1 aromatic heterocycles. The topological polar surface area (TPSA) is 7.12 Å². The number of hydrogen-bond acceptors (Lipinski definition) is 3. The van der Waals surface area contributed by atoms with Gasteiger partial charge in [0.05, 0.1) is 10.7 Å². The molecule has 4 rings (SSSR count). The second-order valence-corrected chi connectivity index (χ2v) is 8.28. The molecular formula is C21H21IN2S2. The average molecular weight is 492 g/mol.